The zero-order valence-electron chi connectivity index (χ0n) is 12.9. The van der Waals surface area contributed by atoms with Crippen molar-refractivity contribution in [3.8, 4) is 17.2 Å². The van der Waals surface area contributed by atoms with Gasteiger partial charge in [0, 0.05) is 12.1 Å². The fourth-order valence-electron chi connectivity index (χ4n) is 1.61. The molecule has 0 heterocycles. The molecule has 10 heteroatoms. The first-order valence-electron chi connectivity index (χ1n) is 5.85. The number of methoxy groups -OCH3 is 3. The van der Waals surface area contributed by atoms with E-state index in [4.69, 9.17) is 18.8 Å². The normalized spacial score (nSPS) is 10.4. The molecule has 0 bridgehead atoms. The zero-order valence-corrected chi connectivity index (χ0v) is 15.7. The Morgan fingerprint density at radius 3 is 2.00 bits per heavy atom. The van der Waals surface area contributed by atoms with Gasteiger partial charge in [-0.15, -0.1) is 0 Å². The van der Waals surface area contributed by atoms with E-state index in [0.29, 0.717) is 17.2 Å². The Labute approximate surface area is 151 Å². The molecule has 8 nitrogen and oxygen atoms in total. The van der Waals surface area contributed by atoms with Gasteiger partial charge in [0.2, 0.25) is 5.75 Å². The Morgan fingerprint density at radius 2 is 1.64 bits per heavy atom. The van der Waals surface area contributed by atoms with Crippen molar-refractivity contribution in [2.75, 3.05) is 33.6 Å². The van der Waals surface area contributed by atoms with E-state index < -0.39 is 21.8 Å². The number of benzene rings is 1. The van der Waals surface area contributed by atoms with Gasteiger partial charge in [-0.2, -0.15) is 8.42 Å². The molecule has 0 radical (unpaired) electrons. The fraction of sp³-hybridized carbons (Fsp3) is 0.417. The van der Waals surface area contributed by atoms with Gasteiger partial charge >= 0.3 is 29.6 Å². The third-order valence-corrected chi connectivity index (χ3v) is 3.29. The second-order valence-corrected chi connectivity index (χ2v) is 5.53. The van der Waals surface area contributed by atoms with Gasteiger partial charge in [-0.3, -0.25) is 9.35 Å². The van der Waals surface area contributed by atoms with Crippen LogP contribution in [0.25, 0.3) is 0 Å². The maximum Gasteiger partial charge on any atom is 1.00 e. The molecule has 1 aromatic rings. The smallest absolute Gasteiger partial charge is 0.493 e. The number of rotatable bonds is 7. The van der Waals surface area contributed by atoms with Gasteiger partial charge in [0.05, 0.1) is 27.1 Å². The second-order valence-electron chi connectivity index (χ2n) is 3.96. The minimum absolute atomic E-state index is 0. The first kappa shape index (κ1) is 21.0. The number of carbonyl (C=O) groups excluding carboxylic acids is 1. The molecule has 0 aliphatic heterocycles. The Hall–Kier alpha value is -1.00. The van der Waals surface area contributed by atoms with Crippen LogP contribution in [0.3, 0.4) is 0 Å². The minimum atomic E-state index is -4.12. The molecule has 0 saturated carbocycles. The summed E-state index contributed by atoms with van der Waals surface area (Å²) in [5, 5.41) is 2.37. The van der Waals surface area contributed by atoms with Crippen LogP contribution in [0.2, 0.25) is 0 Å². The summed E-state index contributed by atoms with van der Waals surface area (Å²) < 4.78 is 45.1. The van der Waals surface area contributed by atoms with Crippen LogP contribution in [0.5, 0.6) is 17.2 Å². The van der Waals surface area contributed by atoms with Crippen molar-refractivity contribution in [3.63, 3.8) is 0 Å². The summed E-state index contributed by atoms with van der Waals surface area (Å²) in [5.74, 6) is -0.149. The molecule has 0 aliphatic carbocycles. The number of carbonyl (C=O) groups is 1. The van der Waals surface area contributed by atoms with Gasteiger partial charge in [0.15, 0.2) is 11.5 Å². The van der Waals surface area contributed by atoms with Gasteiger partial charge in [-0.05, 0) is 12.1 Å². The molecule has 0 spiro atoms. The van der Waals surface area contributed by atoms with Crippen LogP contribution in [-0.2, 0) is 10.1 Å². The van der Waals surface area contributed by atoms with E-state index in [-0.39, 0.29) is 41.7 Å². The number of ether oxygens (including phenoxy) is 3. The number of amides is 1. The number of hydrogen-bond donors (Lipinski definition) is 2. The largest absolute Gasteiger partial charge is 1.00 e. The van der Waals surface area contributed by atoms with Crippen LogP contribution in [0.4, 0.5) is 0 Å². The van der Waals surface area contributed by atoms with Gasteiger partial charge in [-0.1, -0.05) is 0 Å². The van der Waals surface area contributed by atoms with E-state index in [2.05, 4.69) is 5.32 Å². The maximum atomic E-state index is 11.9. The van der Waals surface area contributed by atoms with Crippen LogP contribution in [-0.4, -0.2) is 52.5 Å². The van der Waals surface area contributed by atoms with Gasteiger partial charge in [0.1, 0.15) is 0 Å². The minimum Gasteiger partial charge on any atom is -0.493 e. The van der Waals surface area contributed by atoms with Gasteiger partial charge < -0.3 is 19.5 Å². The van der Waals surface area contributed by atoms with Crippen molar-refractivity contribution < 1.29 is 61.5 Å². The van der Waals surface area contributed by atoms with Crippen LogP contribution in [0, 0.1) is 0 Å². The second kappa shape index (κ2) is 9.21. The van der Waals surface area contributed by atoms with Crippen molar-refractivity contribution >= 4 is 16.0 Å². The quantitative estimate of drug-likeness (QED) is 0.411. The fourth-order valence-corrected chi connectivity index (χ4v) is 1.97. The third-order valence-electron chi connectivity index (χ3n) is 2.57. The Kier molecular flexibility index (Phi) is 8.79. The summed E-state index contributed by atoms with van der Waals surface area (Å²) in [6.07, 6.45) is 0. The standard InChI is InChI=1S/C12H17NO7S.Na/c1-18-9-6-8(7-10(19-2)11(9)20-3)12(14)13-4-5-21(15,16)17;/h6-7H,4-5H2,1-3H3,(H,13,14)(H,15,16,17);/q;+1. The van der Waals surface area contributed by atoms with E-state index in [1.54, 1.807) is 0 Å². The van der Waals surface area contributed by atoms with E-state index in [9.17, 15) is 13.2 Å². The molecule has 0 fully saturated rings. The Balaban J connectivity index is 0.00000441. The average molecular weight is 342 g/mol. The predicted molar refractivity (Wildman–Crippen MR) is 74.8 cm³/mol. The topological polar surface area (TPSA) is 111 Å². The number of hydrogen-bond acceptors (Lipinski definition) is 6. The maximum absolute atomic E-state index is 11.9. The summed E-state index contributed by atoms with van der Waals surface area (Å²) in [6.45, 7) is -0.214. The molecule has 1 rings (SSSR count). The molecule has 2 N–H and O–H groups in total. The predicted octanol–water partition coefficient (Wildman–Crippen LogP) is -2.67. The summed E-state index contributed by atoms with van der Waals surface area (Å²) in [5.41, 5.74) is 0.208. The molecule has 1 amide bonds. The molecular weight excluding hydrogens is 325 g/mol. The first-order chi connectivity index (χ1) is 9.82. The average Bonchev–Trinajstić information content (AvgIpc) is 2.43. The first-order valence-corrected chi connectivity index (χ1v) is 7.46. The zero-order chi connectivity index (χ0) is 16.0. The van der Waals surface area contributed by atoms with Crippen LogP contribution < -0.4 is 49.1 Å². The monoisotopic (exact) mass is 342 g/mol. The van der Waals surface area contributed by atoms with Crippen LogP contribution >= 0.6 is 0 Å². The van der Waals surface area contributed by atoms with E-state index in [0.717, 1.165) is 0 Å². The van der Waals surface area contributed by atoms with Gasteiger partial charge in [-0.25, -0.2) is 0 Å². The SMILES string of the molecule is COc1cc(C(=O)NCCS(=O)(=O)O)cc(OC)c1OC.[Na+]. The summed E-state index contributed by atoms with van der Waals surface area (Å²) in [6, 6.07) is 2.87. The van der Waals surface area contributed by atoms with Crippen molar-refractivity contribution in [3.05, 3.63) is 17.7 Å². The molecule has 1 aromatic carbocycles. The number of nitrogens with one attached hydrogen (secondary N) is 1. The Bertz CT molecular complexity index is 593. The third kappa shape index (κ3) is 6.01. The molecule has 0 saturated heterocycles. The van der Waals surface area contributed by atoms with Crippen molar-refractivity contribution in [1.82, 2.24) is 5.32 Å². The van der Waals surface area contributed by atoms with E-state index in [1.165, 1.54) is 33.5 Å². The molecule has 22 heavy (non-hydrogen) atoms. The molecule has 0 aromatic heterocycles. The molecular formula is C12H17NNaO7S+. The Morgan fingerprint density at radius 1 is 1.14 bits per heavy atom. The summed E-state index contributed by atoms with van der Waals surface area (Å²) >= 11 is 0. The molecule has 118 valence electrons. The van der Waals surface area contributed by atoms with Crippen molar-refractivity contribution in [2.45, 2.75) is 0 Å². The summed E-state index contributed by atoms with van der Waals surface area (Å²) in [4.78, 5) is 11.9. The summed E-state index contributed by atoms with van der Waals surface area (Å²) in [7, 11) is 0.142. The van der Waals surface area contributed by atoms with Crippen LogP contribution in [0.1, 0.15) is 10.4 Å². The molecule has 0 atom stereocenters. The van der Waals surface area contributed by atoms with Crippen molar-refractivity contribution in [2.24, 2.45) is 0 Å². The van der Waals surface area contributed by atoms with Gasteiger partial charge in [0.25, 0.3) is 16.0 Å². The van der Waals surface area contributed by atoms with E-state index >= 15 is 0 Å². The van der Waals surface area contributed by atoms with E-state index in [1.807, 2.05) is 0 Å². The molecule has 0 unspecified atom stereocenters. The van der Waals surface area contributed by atoms with Crippen molar-refractivity contribution in [1.29, 1.82) is 0 Å². The molecule has 0 aliphatic rings. The van der Waals surface area contributed by atoms with Crippen LogP contribution in [0.15, 0.2) is 12.1 Å².